The molecule has 4 rings (SSSR count). The molecule has 5 nitrogen and oxygen atoms in total. The Morgan fingerprint density at radius 2 is 1.84 bits per heavy atom. The van der Waals surface area contributed by atoms with Crippen molar-refractivity contribution in [2.75, 3.05) is 36.4 Å². The van der Waals surface area contributed by atoms with Gasteiger partial charge in [-0.15, -0.1) is 11.3 Å². The highest BCUT2D eigenvalue weighted by Gasteiger charge is 2.28. The van der Waals surface area contributed by atoms with Gasteiger partial charge in [-0.2, -0.15) is 0 Å². The van der Waals surface area contributed by atoms with Gasteiger partial charge < -0.3 is 10.2 Å². The molecule has 3 aromatic rings. The zero-order valence-corrected chi connectivity index (χ0v) is 19.3. The second-order valence-electron chi connectivity index (χ2n) is 8.12. The Kier molecular flexibility index (Phi) is 6.46. The fraction of sp³-hybridized carbons (Fsp3) is 0.304. The highest BCUT2D eigenvalue weighted by atomic mass is 35.5. The number of aromatic nitrogens is 1. The first-order valence-corrected chi connectivity index (χ1v) is 11.5. The number of nitrogens with zero attached hydrogens (tertiary/aromatic N) is 2. The smallest absolute Gasteiger partial charge is 0.263 e. The standard InChI is InChI=1S/C23H23ClF2N4OS/c1-23(2,14-3-5-15(24)6-4-14)18-13-32-22(28-18)29-21(31)19-16(25)7-8-17(20(19)26)30-11-9-27-10-12-30/h3-8,13,27H,9-12H2,1-2H3,(H,28,29,31). The van der Waals surface area contributed by atoms with E-state index in [0.29, 0.717) is 31.2 Å². The topological polar surface area (TPSA) is 57.3 Å². The Morgan fingerprint density at radius 3 is 2.53 bits per heavy atom. The molecule has 1 aliphatic rings. The van der Waals surface area contributed by atoms with Crippen LogP contribution in [-0.4, -0.2) is 37.1 Å². The maximum absolute atomic E-state index is 15.1. The van der Waals surface area contributed by atoms with Crippen LogP contribution in [-0.2, 0) is 5.41 Å². The summed E-state index contributed by atoms with van der Waals surface area (Å²) in [7, 11) is 0. The lowest BCUT2D eigenvalue weighted by atomic mass is 9.82. The number of carbonyl (C=O) groups is 1. The van der Waals surface area contributed by atoms with Gasteiger partial charge in [0.15, 0.2) is 10.9 Å². The molecule has 1 aromatic heterocycles. The Hall–Kier alpha value is -2.55. The Labute approximate surface area is 194 Å². The molecule has 0 unspecified atom stereocenters. The van der Waals surface area contributed by atoms with E-state index in [4.69, 9.17) is 11.6 Å². The molecule has 168 valence electrons. The molecule has 0 bridgehead atoms. The van der Waals surface area contributed by atoms with Gasteiger partial charge >= 0.3 is 0 Å². The van der Waals surface area contributed by atoms with Gasteiger partial charge in [-0.1, -0.05) is 37.6 Å². The molecule has 0 radical (unpaired) electrons. The van der Waals surface area contributed by atoms with E-state index in [1.54, 1.807) is 4.90 Å². The maximum Gasteiger partial charge on any atom is 0.263 e. The number of anilines is 2. The van der Waals surface area contributed by atoms with Crippen molar-refractivity contribution in [2.24, 2.45) is 0 Å². The number of hydrogen-bond donors (Lipinski definition) is 2. The summed E-state index contributed by atoms with van der Waals surface area (Å²) >= 11 is 7.19. The van der Waals surface area contributed by atoms with Crippen molar-refractivity contribution < 1.29 is 13.6 Å². The van der Waals surface area contributed by atoms with Crippen LogP contribution >= 0.6 is 22.9 Å². The Morgan fingerprint density at radius 1 is 1.16 bits per heavy atom. The van der Waals surface area contributed by atoms with Crippen LogP contribution in [0.1, 0.15) is 35.5 Å². The van der Waals surface area contributed by atoms with Crippen molar-refractivity contribution in [1.82, 2.24) is 10.3 Å². The zero-order valence-electron chi connectivity index (χ0n) is 17.7. The number of thiazole rings is 1. The van der Waals surface area contributed by atoms with Crippen LogP contribution < -0.4 is 15.5 Å². The first kappa shape index (κ1) is 22.6. The Bertz CT molecular complexity index is 1130. The highest BCUT2D eigenvalue weighted by molar-refractivity contribution is 7.14. The predicted octanol–water partition coefficient (Wildman–Crippen LogP) is 5.06. The number of hydrogen-bond acceptors (Lipinski definition) is 5. The minimum Gasteiger partial charge on any atom is -0.367 e. The molecule has 2 aromatic carbocycles. The van der Waals surface area contributed by atoms with Gasteiger partial charge in [-0.3, -0.25) is 10.1 Å². The van der Waals surface area contributed by atoms with Gasteiger partial charge in [0.25, 0.3) is 5.91 Å². The van der Waals surface area contributed by atoms with E-state index in [9.17, 15) is 9.18 Å². The van der Waals surface area contributed by atoms with Crippen molar-refractivity contribution in [3.63, 3.8) is 0 Å². The summed E-state index contributed by atoms with van der Waals surface area (Å²) in [5.74, 6) is -2.62. The van der Waals surface area contributed by atoms with E-state index >= 15 is 4.39 Å². The van der Waals surface area contributed by atoms with Crippen molar-refractivity contribution in [2.45, 2.75) is 19.3 Å². The van der Waals surface area contributed by atoms with Crippen LogP contribution in [0.25, 0.3) is 0 Å². The molecule has 2 heterocycles. The molecule has 9 heteroatoms. The quantitative estimate of drug-likeness (QED) is 0.540. The van der Waals surface area contributed by atoms with E-state index < -0.39 is 28.5 Å². The van der Waals surface area contributed by atoms with Gasteiger partial charge in [0.2, 0.25) is 0 Å². The van der Waals surface area contributed by atoms with Crippen LogP contribution in [0.2, 0.25) is 5.02 Å². The fourth-order valence-electron chi connectivity index (χ4n) is 3.69. The third kappa shape index (κ3) is 4.48. The largest absolute Gasteiger partial charge is 0.367 e. The molecule has 2 N–H and O–H groups in total. The highest BCUT2D eigenvalue weighted by Crippen LogP contribution is 2.34. The fourth-order valence-corrected chi connectivity index (χ4v) is 4.69. The van der Waals surface area contributed by atoms with E-state index in [2.05, 4.69) is 15.6 Å². The molecule has 1 aliphatic heterocycles. The second kappa shape index (κ2) is 9.13. The summed E-state index contributed by atoms with van der Waals surface area (Å²) in [5, 5.41) is 8.49. The second-order valence-corrected chi connectivity index (χ2v) is 9.41. The number of benzene rings is 2. The molecule has 1 fully saturated rings. The number of piperazine rings is 1. The molecule has 0 atom stereocenters. The molecule has 1 saturated heterocycles. The number of amides is 1. The van der Waals surface area contributed by atoms with Crippen molar-refractivity contribution in [3.8, 4) is 0 Å². The summed E-state index contributed by atoms with van der Waals surface area (Å²) in [6.45, 7) is 6.58. The van der Waals surface area contributed by atoms with Crippen LogP contribution in [0.4, 0.5) is 19.6 Å². The van der Waals surface area contributed by atoms with E-state index in [1.807, 2.05) is 43.5 Å². The number of halogens is 3. The lowest BCUT2D eigenvalue weighted by Gasteiger charge is -2.30. The van der Waals surface area contributed by atoms with Crippen LogP contribution in [0.15, 0.2) is 41.8 Å². The first-order valence-electron chi connectivity index (χ1n) is 10.2. The van der Waals surface area contributed by atoms with E-state index in [-0.39, 0.29) is 10.8 Å². The summed E-state index contributed by atoms with van der Waals surface area (Å²) in [6, 6.07) is 9.98. The maximum atomic E-state index is 15.1. The molecular formula is C23H23ClF2N4OS. The number of nitrogens with one attached hydrogen (secondary N) is 2. The van der Waals surface area contributed by atoms with Gasteiger partial charge in [-0.25, -0.2) is 13.8 Å². The van der Waals surface area contributed by atoms with Gasteiger partial charge in [0.1, 0.15) is 11.4 Å². The summed E-state index contributed by atoms with van der Waals surface area (Å²) in [6.07, 6.45) is 0. The van der Waals surface area contributed by atoms with Gasteiger partial charge in [0, 0.05) is 42.0 Å². The number of carbonyl (C=O) groups excluding carboxylic acids is 1. The third-order valence-electron chi connectivity index (χ3n) is 5.69. The molecule has 1 amide bonds. The molecule has 0 aliphatic carbocycles. The monoisotopic (exact) mass is 476 g/mol. The summed E-state index contributed by atoms with van der Waals surface area (Å²) in [4.78, 5) is 19.1. The lowest BCUT2D eigenvalue weighted by molar-refractivity contribution is 0.101. The van der Waals surface area contributed by atoms with Crippen LogP contribution in [0.3, 0.4) is 0 Å². The molecular weight excluding hydrogens is 454 g/mol. The average molecular weight is 477 g/mol. The molecule has 0 spiro atoms. The van der Waals surface area contributed by atoms with Crippen molar-refractivity contribution in [3.05, 3.63) is 75.3 Å². The third-order valence-corrected chi connectivity index (χ3v) is 6.70. The minimum absolute atomic E-state index is 0.224. The van der Waals surface area contributed by atoms with Crippen molar-refractivity contribution >= 4 is 39.7 Å². The first-order chi connectivity index (χ1) is 15.3. The number of rotatable bonds is 5. The SMILES string of the molecule is CC(C)(c1ccc(Cl)cc1)c1csc(NC(=O)c2c(F)ccc(N3CCNCC3)c2F)n1. The zero-order chi connectivity index (χ0) is 22.9. The summed E-state index contributed by atoms with van der Waals surface area (Å²) in [5.41, 5.74) is 0.918. The predicted molar refractivity (Wildman–Crippen MR) is 125 cm³/mol. The minimum atomic E-state index is -0.905. The van der Waals surface area contributed by atoms with E-state index in [1.165, 1.54) is 17.4 Å². The van der Waals surface area contributed by atoms with E-state index in [0.717, 1.165) is 17.3 Å². The van der Waals surface area contributed by atoms with Crippen LogP contribution in [0.5, 0.6) is 0 Å². The summed E-state index contributed by atoms with van der Waals surface area (Å²) < 4.78 is 29.6. The Balaban J connectivity index is 1.56. The molecule has 32 heavy (non-hydrogen) atoms. The lowest BCUT2D eigenvalue weighted by Crippen LogP contribution is -2.44. The molecule has 0 saturated carbocycles. The van der Waals surface area contributed by atoms with Gasteiger partial charge in [-0.05, 0) is 29.8 Å². The van der Waals surface area contributed by atoms with Crippen LogP contribution in [0, 0.1) is 11.6 Å². The normalized spacial score (nSPS) is 14.5. The van der Waals surface area contributed by atoms with Gasteiger partial charge in [0.05, 0.1) is 11.4 Å². The van der Waals surface area contributed by atoms with Crippen molar-refractivity contribution in [1.29, 1.82) is 0 Å². The average Bonchev–Trinajstić information content (AvgIpc) is 3.24.